The van der Waals surface area contributed by atoms with Crippen molar-refractivity contribution < 1.29 is 9.18 Å². The normalized spacial score (nSPS) is 10.2. The maximum absolute atomic E-state index is 13.1. The number of hydrogen-bond donors (Lipinski definition) is 3. The van der Waals surface area contributed by atoms with Gasteiger partial charge in [0.2, 0.25) is 0 Å². The Morgan fingerprint density at radius 2 is 2.10 bits per heavy atom. The van der Waals surface area contributed by atoms with Crippen LogP contribution in [0.2, 0.25) is 0 Å². The van der Waals surface area contributed by atoms with E-state index in [0.29, 0.717) is 22.8 Å². The van der Waals surface area contributed by atoms with E-state index >= 15 is 0 Å². The molecule has 4 N–H and O–H groups in total. The van der Waals surface area contributed by atoms with Crippen LogP contribution in [0.4, 0.5) is 15.9 Å². The second-order valence-electron chi connectivity index (χ2n) is 4.11. The molecule has 0 spiro atoms. The second-order valence-corrected chi connectivity index (χ2v) is 4.96. The highest BCUT2D eigenvalue weighted by atomic mass is 79.9. The number of carbonyl (C=O) groups is 1. The monoisotopic (exact) mass is 338 g/mol. The average Bonchev–Trinajstić information content (AvgIpc) is 2.42. The zero-order valence-corrected chi connectivity index (χ0v) is 12.2. The molecule has 0 bridgehead atoms. The minimum Gasteiger partial charge on any atom is -0.322 e. The molecule has 0 aliphatic carbocycles. The number of halogens is 2. The number of nitrogen functional groups attached to an aromatic ring is 1. The first kappa shape index (κ1) is 14.4. The number of benzene rings is 1. The summed E-state index contributed by atoms with van der Waals surface area (Å²) in [6.45, 7) is 1.76. The van der Waals surface area contributed by atoms with Crippen LogP contribution in [-0.2, 0) is 0 Å². The molecule has 1 heterocycles. The third-order valence-electron chi connectivity index (χ3n) is 2.54. The fourth-order valence-corrected chi connectivity index (χ4v) is 2.03. The molecule has 0 saturated carbocycles. The van der Waals surface area contributed by atoms with Gasteiger partial charge in [0.05, 0.1) is 4.47 Å². The molecule has 1 aromatic heterocycles. The Morgan fingerprint density at radius 3 is 2.75 bits per heavy atom. The molecule has 0 radical (unpaired) electrons. The number of nitrogens with one attached hydrogen (secondary N) is 2. The molecule has 0 unspecified atom stereocenters. The summed E-state index contributed by atoms with van der Waals surface area (Å²) in [7, 11) is 0. The third-order valence-corrected chi connectivity index (χ3v) is 3.15. The molecule has 0 aliphatic rings. The van der Waals surface area contributed by atoms with Crippen molar-refractivity contribution in [3.05, 3.63) is 51.9 Å². The summed E-state index contributed by atoms with van der Waals surface area (Å²) >= 11 is 3.06. The SMILES string of the molecule is Cc1cc(C(=O)Nc2ccc(F)c(Br)c2)cc(NN)n1. The van der Waals surface area contributed by atoms with E-state index in [-0.39, 0.29) is 10.4 Å². The zero-order chi connectivity index (χ0) is 14.7. The highest BCUT2D eigenvalue weighted by Crippen LogP contribution is 2.20. The molecule has 0 fully saturated rings. The van der Waals surface area contributed by atoms with Crippen LogP contribution in [0.3, 0.4) is 0 Å². The van der Waals surface area contributed by atoms with Crippen molar-refractivity contribution in [3.8, 4) is 0 Å². The first-order valence-electron chi connectivity index (χ1n) is 5.71. The Bertz CT molecular complexity index is 663. The molecule has 104 valence electrons. The van der Waals surface area contributed by atoms with Crippen LogP contribution >= 0.6 is 15.9 Å². The number of amides is 1. The first-order valence-corrected chi connectivity index (χ1v) is 6.50. The molecular weight excluding hydrogens is 327 g/mol. The number of hydrogen-bond acceptors (Lipinski definition) is 4. The summed E-state index contributed by atoms with van der Waals surface area (Å²) in [6, 6.07) is 7.40. The average molecular weight is 339 g/mol. The van der Waals surface area contributed by atoms with Gasteiger partial charge in [-0.1, -0.05) is 0 Å². The number of carbonyl (C=O) groups excluding carboxylic acids is 1. The maximum Gasteiger partial charge on any atom is 0.255 e. The molecular formula is C13H12BrFN4O. The van der Waals surface area contributed by atoms with Crippen molar-refractivity contribution in [2.75, 3.05) is 10.7 Å². The van der Waals surface area contributed by atoms with E-state index < -0.39 is 5.82 Å². The molecule has 2 aromatic rings. The summed E-state index contributed by atoms with van der Waals surface area (Å²) in [5.74, 6) is 4.96. The van der Waals surface area contributed by atoms with Crippen molar-refractivity contribution in [2.45, 2.75) is 6.92 Å². The van der Waals surface area contributed by atoms with E-state index in [4.69, 9.17) is 5.84 Å². The summed E-state index contributed by atoms with van der Waals surface area (Å²) in [4.78, 5) is 16.2. The van der Waals surface area contributed by atoms with Crippen molar-refractivity contribution in [3.63, 3.8) is 0 Å². The topological polar surface area (TPSA) is 80.0 Å². The van der Waals surface area contributed by atoms with Crippen LogP contribution in [0.5, 0.6) is 0 Å². The molecule has 2 rings (SSSR count). The van der Waals surface area contributed by atoms with Crippen molar-refractivity contribution in [1.29, 1.82) is 0 Å². The van der Waals surface area contributed by atoms with Crippen LogP contribution in [0.15, 0.2) is 34.8 Å². The molecule has 0 atom stereocenters. The lowest BCUT2D eigenvalue weighted by Crippen LogP contribution is -2.15. The van der Waals surface area contributed by atoms with Crippen LogP contribution in [0, 0.1) is 12.7 Å². The molecule has 20 heavy (non-hydrogen) atoms. The highest BCUT2D eigenvalue weighted by Gasteiger charge is 2.10. The minimum absolute atomic E-state index is 0.283. The molecule has 0 aliphatic heterocycles. The Labute approximate surface area is 123 Å². The van der Waals surface area contributed by atoms with Crippen LogP contribution < -0.4 is 16.6 Å². The van der Waals surface area contributed by atoms with E-state index in [1.165, 1.54) is 24.3 Å². The van der Waals surface area contributed by atoms with Gasteiger partial charge in [-0.15, -0.1) is 0 Å². The van der Waals surface area contributed by atoms with Crippen molar-refractivity contribution >= 4 is 33.3 Å². The lowest BCUT2D eigenvalue weighted by atomic mass is 10.2. The van der Waals surface area contributed by atoms with Gasteiger partial charge in [-0.25, -0.2) is 15.2 Å². The Kier molecular flexibility index (Phi) is 4.31. The minimum atomic E-state index is -0.391. The van der Waals surface area contributed by atoms with Gasteiger partial charge in [-0.2, -0.15) is 0 Å². The highest BCUT2D eigenvalue weighted by molar-refractivity contribution is 9.10. The number of nitrogens with two attached hydrogens (primary N) is 1. The van der Waals surface area contributed by atoms with Crippen molar-refractivity contribution in [1.82, 2.24) is 4.98 Å². The fraction of sp³-hybridized carbons (Fsp3) is 0.0769. The number of anilines is 2. The van der Waals surface area contributed by atoms with Gasteiger partial charge < -0.3 is 10.7 Å². The number of hydrazine groups is 1. The second kappa shape index (κ2) is 5.98. The van der Waals surface area contributed by atoms with Gasteiger partial charge in [0, 0.05) is 16.9 Å². The van der Waals surface area contributed by atoms with Crippen molar-refractivity contribution in [2.24, 2.45) is 5.84 Å². The molecule has 7 heteroatoms. The largest absolute Gasteiger partial charge is 0.322 e. The number of nitrogens with zero attached hydrogens (tertiary/aromatic N) is 1. The Balaban J connectivity index is 2.23. The predicted octanol–water partition coefficient (Wildman–Crippen LogP) is 2.83. The van der Waals surface area contributed by atoms with Gasteiger partial charge in [0.15, 0.2) is 0 Å². The fourth-order valence-electron chi connectivity index (χ4n) is 1.65. The summed E-state index contributed by atoms with van der Waals surface area (Å²) in [6.07, 6.45) is 0. The number of aryl methyl sites for hydroxylation is 1. The predicted molar refractivity (Wildman–Crippen MR) is 78.8 cm³/mol. The zero-order valence-electron chi connectivity index (χ0n) is 10.6. The van der Waals surface area contributed by atoms with Gasteiger partial charge >= 0.3 is 0 Å². The molecule has 1 amide bonds. The van der Waals surface area contributed by atoms with E-state index in [9.17, 15) is 9.18 Å². The molecule has 1 aromatic carbocycles. The van der Waals surface area contributed by atoms with Gasteiger partial charge in [0.1, 0.15) is 11.6 Å². The van der Waals surface area contributed by atoms with Crippen LogP contribution in [-0.4, -0.2) is 10.9 Å². The summed E-state index contributed by atoms with van der Waals surface area (Å²) in [5, 5.41) is 2.67. The number of pyridine rings is 1. The summed E-state index contributed by atoms with van der Waals surface area (Å²) < 4.78 is 13.4. The smallest absolute Gasteiger partial charge is 0.255 e. The first-order chi connectivity index (χ1) is 9.49. The van der Waals surface area contributed by atoms with Gasteiger partial charge in [0.25, 0.3) is 5.91 Å². The maximum atomic E-state index is 13.1. The lowest BCUT2D eigenvalue weighted by molar-refractivity contribution is 0.102. The van der Waals surface area contributed by atoms with E-state index in [1.807, 2.05) is 0 Å². The number of aromatic nitrogens is 1. The van der Waals surface area contributed by atoms with E-state index in [2.05, 4.69) is 31.7 Å². The molecule has 0 saturated heterocycles. The lowest BCUT2D eigenvalue weighted by Gasteiger charge is -2.08. The third kappa shape index (κ3) is 3.31. The standard InChI is InChI=1S/C13H12BrFN4O/c1-7-4-8(5-12(17-7)19-16)13(20)18-9-2-3-11(15)10(14)6-9/h2-6H,16H2,1H3,(H,17,19)(H,18,20). The van der Waals surface area contributed by atoms with E-state index in [0.717, 1.165) is 0 Å². The quantitative estimate of drug-likeness (QED) is 0.593. The summed E-state index contributed by atoms with van der Waals surface area (Å²) in [5.41, 5.74) is 3.95. The number of rotatable bonds is 3. The van der Waals surface area contributed by atoms with Gasteiger partial charge in [-0.3, -0.25) is 4.79 Å². The van der Waals surface area contributed by atoms with E-state index in [1.54, 1.807) is 13.0 Å². The Hall–Kier alpha value is -1.99. The van der Waals surface area contributed by atoms with Crippen LogP contribution in [0.1, 0.15) is 16.1 Å². The van der Waals surface area contributed by atoms with Gasteiger partial charge in [-0.05, 0) is 53.2 Å². The van der Waals surface area contributed by atoms with Crippen LogP contribution in [0.25, 0.3) is 0 Å². The molecule has 5 nitrogen and oxygen atoms in total. The Morgan fingerprint density at radius 1 is 1.35 bits per heavy atom.